The Labute approximate surface area is 190 Å². The largest absolute Gasteiger partial charge is 0.493 e. The zero-order chi connectivity index (χ0) is 23.1. The first-order valence-corrected chi connectivity index (χ1v) is 10.3. The molecule has 0 unspecified atom stereocenters. The summed E-state index contributed by atoms with van der Waals surface area (Å²) in [5.41, 5.74) is 1.30. The lowest BCUT2D eigenvalue weighted by Gasteiger charge is -2.12. The Hall–Kier alpha value is -3.52. The highest BCUT2D eigenvalue weighted by Crippen LogP contribution is 2.35. The van der Waals surface area contributed by atoms with Gasteiger partial charge >= 0.3 is 11.9 Å². The first-order valence-electron chi connectivity index (χ1n) is 9.77. The Kier molecular flexibility index (Phi) is 7.72. The molecule has 0 radical (unpaired) electrons. The number of ether oxygens (including phenoxy) is 4. The molecule has 0 saturated heterocycles. The molecular formula is C23H23ClN2O6. The van der Waals surface area contributed by atoms with E-state index in [-0.39, 0.29) is 17.0 Å². The zero-order valence-corrected chi connectivity index (χ0v) is 18.7. The highest BCUT2D eigenvalue weighted by molar-refractivity contribution is 6.17. The molecule has 9 heteroatoms. The summed E-state index contributed by atoms with van der Waals surface area (Å²) >= 11 is 5.74. The molecule has 0 aliphatic heterocycles. The molecule has 8 nitrogen and oxygen atoms in total. The van der Waals surface area contributed by atoms with E-state index in [9.17, 15) is 9.59 Å². The van der Waals surface area contributed by atoms with Gasteiger partial charge in [0.05, 0.1) is 33.6 Å². The Morgan fingerprint density at radius 2 is 1.69 bits per heavy atom. The van der Waals surface area contributed by atoms with Crippen molar-refractivity contribution < 1.29 is 28.5 Å². The van der Waals surface area contributed by atoms with Crippen molar-refractivity contribution in [2.45, 2.75) is 6.42 Å². The van der Waals surface area contributed by atoms with E-state index in [0.29, 0.717) is 41.7 Å². The van der Waals surface area contributed by atoms with Gasteiger partial charge in [-0.05, 0) is 36.8 Å². The second-order valence-corrected chi connectivity index (χ2v) is 6.94. The molecular weight excluding hydrogens is 436 g/mol. The number of rotatable bonds is 9. The van der Waals surface area contributed by atoms with Crippen molar-refractivity contribution in [2.75, 3.05) is 33.8 Å². The van der Waals surface area contributed by atoms with Crippen LogP contribution in [0, 0.1) is 0 Å². The van der Waals surface area contributed by atoms with Gasteiger partial charge in [0.15, 0.2) is 17.2 Å². The van der Waals surface area contributed by atoms with Crippen molar-refractivity contribution in [3.05, 3.63) is 59.8 Å². The number of nitrogens with zero attached hydrogens (tertiary/aromatic N) is 2. The van der Waals surface area contributed by atoms with Crippen LogP contribution in [0.3, 0.4) is 0 Å². The molecule has 32 heavy (non-hydrogen) atoms. The van der Waals surface area contributed by atoms with Gasteiger partial charge in [-0.25, -0.2) is 14.3 Å². The summed E-state index contributed by atoms with van der Waals surface area (Å²) in [5, 5.41) is 4.58. The number of para-hydroxylation sites is 1. The van der Waals surface area contributed by atoms with Crippen molar-refractivity contribution >= 4 is 23.5 Å². The molecule has 2 aromatic carbocycles. The number of carbonyl (C=O) groups is 2. The molecule has 0 aliphatic carbocycles. The highest BCUT2D eigenvalue weighted by atomic mass is 35.5. The van der Waals surface area contributed by atoms with Crippen LogP contribution in [0.1, 0.15) is 27.3 Å². The Balaban J connectivity index is 2.24. The van der Waals surface area contributed by atoms with E-state index < -0.39 is 11.9 Å². The van der Waals surface area contributed by atoms with E-state index in [1.54, 1.807) is 42.5 Å². The van der Waals surface area contributed by atoms with Crippen LogP contribution in [0.25, 0.3) is 16.9 Å². The summed E-state index contributed by atoms with van der Waals surface area (Å²) in [6.45, 7) is 0.388. The smallest absolute Gasteiger partial charge is 0.357 e. The van der Waals surface area contributed by atoms with Gasteiger partial charge in [0.1, 0.15) is 11.3 Å². The minimum atomic E-state index is -0.722. The summed E-state index contributed by atoms with van der Waals surface area (Å²) in [6, 6.07) is 14.1. The number of esters is 2. The fourth-order valence-electron chi connectivity index (χ4n) is 3.13. The first-order chi connectivity index (χ1) is 15.5. The van der Waals surface area contributed by atoms with Gasteiger partial charge in [-0.1, -0.05) is 18.2 Å². The summed E-state index contributed by atoms with van der Waals surface area (Å²) < 4.78 is 22.4. The third-order valence-corrected chi connectivity index (χ3v) is 4.89. The first kappa shape index (κ1) is 23.1. The van der Waals surface area contributed by atoms with Gasteiger partial charge in [0.2, 0.25) is 0 Å². The van der Waals surface area contributed by atoms with Crippen LogP contribution in [0.5, 0.6) is 11.5 Å². The topological polar surface area (TPSA) is 88.9 Å². The average Bonchev–Trinajstić information content (AvgIpc) is 3.24. The number of benzene rings is 2. The van der Waals surface area contributed by atoms with Crippen LogP contribution in [0.15, 0.2) is 48.5 Å². The molecule has 0 spiro atoms. The lowest BCUT2D eigenvalue weighted by Crippen LogP contribution is -2.15. The Bertz CT molecular complexity index is 1100. The van der Waals surface area contributed by atoms with E-state index >= 15 is 0 Å². The molecule has 0 atom stereocenters. The van der Waals surface area contributed by atoms with Gasteiger partial charge in [-0.3, -0.25) is 0 Å². The number of carbonyl (C=O) groups excluding carboxylic acids is 2. The van der Waals surface area contributed by atoms with Crippen LogP contribution in [0.2, 0.25) is 0 Å². The molecule has 0 fully saturated rings. The van der Waals surface area contributed by atoms with Gasteiger partial charge in [-0.2, -0.15) is 5.10 Å². The molecule has 168 valence electrons. The lowest BCUT2D eigenvalue weighted by atomic mass is 10.0. The van der Waals surface area contributed by atoms with Crippen LogP contribution >= 0.6 is 11.6 Å². The minimum absolute atomic E-state index is 0.0138. The molecule has 0 amide bonds. The van der Waals surface area contributed by atoms with Crippen molar-refractivity contribution in [2.24, 2.45) is 0 Å². The van der Waals surface area contributed by atoms with E-state index in [1.807, 2.05) is 6.07 Å². The van der Waals surface area contributed by atoms with Crippen molar-refractivity contribution in [1.29, 1.82) is 0 Å². The predicted molar refractivity (Wildman–Crippen MR) is 119 cm³/mol. The summed E-state index contributed by atoms with van der Waals surface area (Å²) in [6.07, 6.45) is 0.650. The van der Waals surface area contributed by atoms with Gasteiger partial charge < -0.3 is 18.9 Å². The summed E-state index contributed by atoms with van der Waals surface area (Å²) in [7, 11) is 4.01. The zero-order valence-electron chi connectivity index (χ0n) is 18.0. The summed E-state index contributed by atoms with van der Waals surface area (Å²) in [4.78, 5) is 25.4. The fraction of sp³-hybridized carbons (Fsp3) is 0.261. The fourth-order valence-corrected chi connectivity index (χ4v) is 3.24. The minimum Gasteiger partial charge on any atom is -0.493 e. The highest BCUT2D eigenvalue weighted by Gasteiger charge is 2.31. The maximum atomic E-state index is 12.8. The lowest BCUT2D eigenvalue weighted by molar-refractivity contribution is 0.0549. The SMILES string of the molecule is COC(=O)c1c(-c2ccc(OC)c(OCCCCl)c2)nn(-c2ccccc2)c1C(=O)OC. The number of halogens is 1. The Morgan fingerprint density at radius 1 is 0.969 bits per heavy atom. The van der Waals surface area contributed by atoms with E-state index in [0.717, 1.165) is 0 Å². The number of hydrogen-bond donors (Lipinski definition) is 0. The molecule has 0 saturated carbocycles. The van der Waals surface area contributed by atoms with E-state index in [2.05, 4.69) is 5.10 Å². The molecule has 0 bridgehead atoms. The maximum absolute atomic E-state index is 12.8. The third-order valence-electron chi connectivity index (χ3n) is 4.63. The van der Waals surface area contributed by atoms with Crippen molar-refractivity contribution in [3.8, 4) is 28.4 Å². The Morgan fingerprint density at radius 3 is 2.31 bits per heavy atom. The van der Waals surface area contributed by atoms with Gasteiger partial charge in [0, 0.05) is 11.4 Å². The monoisotopic (exact) mass is 458 g/mol. The van der Waals surface area contributed by atoms with E-state index in [1.165, 1.54) is 26.0 Å². The quantitative estimate of drug-likeness (QED) is 0.270. The molecule has 0 N–H and O–H groups in total. The number of methoxy groups -OCH3 is 3. The normalized spacial score (nSPS) is 10.5. The van der Waals surface area contributed by atoms with Gasteiger partial charge in [-0.15, -0.1) is 11.6 Å². The average molecular weight is 459 g/mol. The van der Waals surface area contributed by atoms with Crippen molar-refractivity contribution in [3.63, 3.8) is 0 Å². The third kappa shape index (κ3) is 4.70. The standard InChI is InChI=1S/C23H23ClN2O6/c1-29-17-11-10-15(14-18(17)32-13-7-12-24)20-19(22(27)30-2)21(23(28)31-3)26(25-20)16-8-5-4-6-9-16/h4-6,8-11,14H,7,12-13H2,1-3H3. The van der Waals surface area contributed by atoms with Crippen LogP contribution in [-0.2, 0) is 9.47 Å². The number of hydrogen-bond acceptors (Lipinski definition) is 7. The molecule has 1 heterocycles. The second kappa shape index (κ2) is 10.7. The summed E-state index contributed by atoms with van der Waals surface area (Å²) in [5.74, 6) is -0.0140. The maximum Gasteiger partial charge on any atom is 0.357 e. The van der Waals surface area contributed by atoms with Gasteiger partial charge in [0.25, 0.3) is 0 Å². The molecule has 1 aromatic heterocycles. The number of aromatic nitrogens is 2. The van der Waals surface area contributed by atoms with Crippen LogP contribution < -0.4 is 9.47 Å². The molecule has 3 aromatic rings. The van der Waals surface area contributed by atoms with E-state index in [4.69, 9.17) is 30.5 Å². The van der Waals surface area contributed by atoms with Crippen LogP contribution in [-0.4, -0.2) is 55.5 Å². The second-order valence-electron chi connectivity index (χ2n) is 6.56. The number of alkyl halides is 1. The van der Waals surface area contributed by atoms with Crippen LogP contribution in [0.4, 0.5) is 0 Å². The predicted octanol–water partition coefficient (Wildman–Crippen LogP) is 4.13. The molecule has 0 aliphatic rings. The van der Waals surface area contributed by atoms with Crippen molar-refractivity contribution in [1.82, 2.24) is 9.78 Å². The molecule has 3 rings (SSSR count).